The Bertz CT molecular complexity index is 1120. The van der Waals surface area contributed by atoms with E-state index in [1.165, 1.54) is 6.08 Å². The topological polar surface area (TPSA) is 80.6 Å². The fourth-order valence-electron chi connectivity index (χ4n) is 2.85. The first kappa shape index (κ1) is 21.5. The number of hydrogen-bond donors (Lipinski definition) is 1. The van der Waals surface area contributed by atoms with E-state index in [4.69, 9.17) is 14.2 Å². The minimum Gasteiger partial charge on any atom is -0.497 e. The van der Waals surface area contributed by atoms with Crippen molar-refractivity contribution in [2.24, 2.45) is 0 Å². The van der Waals surface area contributed by atoms with Gasteiger partial charge in [-0.25, -0.2) is 0 Å². The van der Waals surface area contributed by atoms with Crippen LogP contribution < -0.4 is 19.5 Å². The second-order valence-electron chi connectivity index (χ2n) is 6.54. The summed E-state index contributed by atoms with van der Waals surface area (Å²) in [4.78, 5) is 12.6. The van der Waals surface area contributed by atoms with Crippen LogP contribution in [0, 0.1) is 11.3 Å². The van der Waals surface area contributed by atoms with Crippen molar-refractivity contribution in [2.45, 2.75) is 6.61 Å². The number of rotatable bonds is 8. The average Bonchev–Trinajstić information content (AvgIpc) is 2.82. The van der Waals surface area contributed by atoms with Crippen molar-refractivity contribution in [1.29, 1.82) is 5.26 Å². The van der Waals surface area contributed by atoms with Gasteiger partial charge in [0.05, 0.1) is 14.2 Å². The molecule has 0 unspecified atom stereocenters. The van der Waals surface area contributed by atoms with Gasteiger partial charge in [-0.2, -0.15) is 5.26 Å². The highest BCUT2D eigenvalue weighted by Crippen LogP contribution is 2.30. The first-order valence-corrected chi connectivity index (χ1v) is 9.55. The highest BCUT2D eigenvalue weighted by molar-refractivity contribution is 6.09. The zero-order valence-corrected chi connectivity index (χ0v) is 17.3. The van der Waals surface area contributed by atoms with E-state index in [1.54, 1.807) is 56.7 Å². The molecule has 0 aliphatic heterocycles. The van der Waals surface area contributed by atoms with Crippen LogP contribution in [0.25, 0.3) is 6.08 Å². The minimum absolute atomic E-state index is 0.0398. The number of carbonyl (C=O) groups is 1. The van der Waals surface area contributed by atoms with Gasteiger partial charge < -0.3 is 19.5 Å². The second-order valence-corrected chi connectivity index (χ2v) is 6.54. The SMILES string of the molecule is COc1cccc(NC(=O)/C(C#N)=C/c2ccc(OC)c(OCc3ccccc3)c2)c1. The summed E-state index contributed by atoms with van der Waals surface area (Å²) in [5.74, 6) is 1.17. The lowest BCUT2D eigenvalue weighted by Gasteiger charge is -2.12. The molecule has 0 saturated carbocycles. The lowest BCUT2D eigenvalue weighted by molar-refractivity contribution is -0.112. The third kappa shape index (κ3) is 5.87. The van der Waals surface area contributed by atoms with E-state index in [2.05, 4.69) is 5.32 Å². The van der Waals surface area contributed by atoms with Crippen molar-refractivity contribution in [3.8, 4) is 23.3 Å². The van der Waals surface area contributed by atoms with Gasteiger partial charge in [-0.1, -0.05) is 42.5 Å². The smallest absolute Gasteiger partial charge is 0.266 e. The molecular formula is C25H22N2O4. The van der Waals surface area contributed by atoms with Crippen molar-refractivity contribution in [2.75, 3.05) is 19.5 Å². The number of nitriles is 1. The predicted octanol–water partition coefficient (Wildman–Crippen LogP) is 4.83. The Morgan fingerprint density at radius 3 is 2.48 bits per heavy atom. The predicted molar refractivity (Wildman–Crippen MR) is 119 cm³/mol. The lowest BCUT2D eigenvalue weighted by atomic mass is 10.1. The molecule has 0 aliphatic carbocycles. The third-order valence-electron chi connectivity index (χ3n) is 4.43. The van der Waals surface area contributed by atoms with Crippen LogP contribution in [-0.4, -0.2) is 20.1 Å². The van der Waals surface area contributed by atoms with Gasteiger partial charge in [0, 0.05) is 11.8 Å². The molecule has 156 valence electrons. The monoisotopic (exact) mass is 414 g/mol. The summed E-state index contributed by atoms with van der Waals surface area (Å²) in [5, 5.41) is 12.2. The molecule has 0 bridgehead atoms. The van der Waals surface area contributed by atoms with Crippen LogP contribution in [0.3, 0.4) is 0 Å². The number of ether oxygens (including phenoxy) is 3. The van der Waals surface area contributed by atoms with Gasteiger partial charge in [-0.05, 0) is 41.5 Å². The molecule has 6 nitrogen and oxygen atoms in total. The molecule has 0 saturated heterocycles. The standard InChI is InChI=1S/C25H22N2O4/c1-29-22-10-6-9-21(15-22)27-25(28)20(16-26)13-19-11-12-23(30-2)24(14-19)31-17-18-7-4-3-5-8-18/h3-15H,17H2,1-2H3,(H,27,28)/b20-13+. The number of amides is 1. The molecule has 3 rings (SSSR count). The summed E-state index contributed by atoms with van der Waals surface area (Å²) in [6, 6.07) is 23.8. The molecule has 3 aromatic carbocycles. The second kappa shape index (κ2) is 10.5. The fraction of sp³-hybridized carbons (Fsp3) is 0.120. The Balaban J connectivity index is 1.79. The summed E-state index contributed by atoms with van der Waals surface area (Å²) in [7, 11) is 3.10. The van der Waals surface area contributed by atoms with E-state index >= 15 is 0 Å². The molecule has 31 heavy (non-hydrogen) atoms. The van der Waals surface area contributed by atoms with Gasteiger partial charge in [0.2, 0.25) is 0 Å². The number of nitrogens with one attached hydrogen (secondary N) is 1. The van der Waals surface area contributed by atoms with Gasteiger partial charge in [-0.3, -0.25) is 4.79 Å². The van der Waals surface area contributed by atoms with Crippen molar-refractivity contribution >= 4 is 17.7 Å². The Hall–Kier alpha value is -4.24. The molecule has 0 radical (unpaired) electrons. The molecule has 0 aromatic heterocycles. The fourth-order valence-corrected chi connectivity index (χ4v) is 2.85. The molecule has 6 heteroatoms. The van der Waals surface area contributed by atoms with Crippen molar-refractivity contribution in [1.82, 2.24) is 0 Å². The summed E-state index contributed by atoms with van der Waals surface area (Å²) >= 11 is 0. The molecule has 0 heterocycles. The van der Waals surface area contributed by atoms with Gasteiger partial charge in [0.25, 0.3) is 5.91 Å². The normalized spacial score (nSPS) is 10.7. The molecule has 1 N–H and O–H groups in total. The van der Waals surface area contributed by atoms with Crippen LogP contribution in [0.1, 0.15) is 11.1 Å². The summed E-state index contributed by atoms with van der Waals surface area (Å²) in [6.07, 6.45) is 1.50. The molecule has 0 aliphatic rings. The largest absolute Gasteiger partial charge is 0.497 e. The van der Waals surface area contributed by atoms with E-state index in [9.17, 15) is 10.1 Å². The molecule has 0 spiro atoms. The lowest BCUT2D eigenvalue weighted by Crippen LogP contribution is -2.13. The Kier molecular flexibility index (Phi) is 7.28. The van der Waals surface area contributed by atoms with Gasteiger partial charge >= 0.3 is 0 Å². The van der Waals surface area contributed by atoms with Crippen LogP contribution in [0.4, 0.5) is 5.69 Å². The van der Waals surface area contributed by atoms with Gasteiger partial charge in [0.1, 0.15) is 24.0 Å². The van der Waals surface area contributed by atoms with Crippen LogP contribution in [0.15, 0.2) is 78.4 Å². The quantitative estimate of drug-likeness (QED) is 0.422. The summed E-state index contributed by atoms with van der Waals surface area (Å²) < 4.78 is 16.4. The molecule has 1 amide bonds. The molecule has 0 atom stereocenters. The Labute approximate surface area is 181 Å². The maximum atomic E-state index is 12.6. The van der Waals surface area contributed by atoms with E-state index in [0.717, 1.165) is 5.56 Å². The van der Waals surface area contributed by atoms with E-state index in [1.807, 2.05) is 36.4 Å². The highest BCUT2D eigenvalue weighted by atomic mass is 16.5. The number of nitrogens with zero attached hydrogens (tertiary/aromatic N) is 1. The molecular weight excluding hydrogens is 392 g/mol. The van der Waals surface area contributed by atoms with Gasteiger partial charge in [-0.15, -0.1) is 0 Å². The van der Waals surface area contributed by atoms with Crippen molar-refractivity contribution in [3.05, 3.63) is 89.5 Å². The molecule has 3 aromatic rings. The van der Waals surface area contributed by atoms with E-state index in [-0.39, 0.29) is 5.57 Å². The van der Waals surface area contributed by atoms with Crippen molar-refractivity contribution in [3.63, 3.8) is 0 Å². The number of methoxy groups -OCH3 is 2. The number of carbonyl (C=O) groups excluding carboxylic acids is 1. The number of hydrogen-bond acceptors (Lipinski definition) is 5. The Morgan fingerprint density at radius 1 is 0.968 bits per heavy atom. The first-order valence-electron chi connectivity index (χ1n) is 9.55. The first-order chi connectivity index (χ1) is 15.1. The van der Waals surface area contributed by atoms with Crippen LogP contribution >= 0.6 is 0 Å². The molecule has 0 fully saturated rings. The summed E-state index contributed by atoms with van der Waals surface area (Å²) in [5.41, 5.74) is 2.15. The van der Waals surface area contributed by atoms with E-state index in [0.29, 0.717) is 35.1 Å². The maximum Gasteiger partial charge on any atom is 0.266 e. The highest BCUT2D eigenvalue weighted by Gasteiger charge is 2.12. The maximum absolute atomic E-state index is 12.6. The Morgan fingerprint density at radius 2 is 1.77 bits per heavy atom. The van der Waals surface area contributed by atoms with E-state index < -0.39 is 5.91 Å². The summed E-state index contributed by atoms with van der Waals surface area (Å²) in [6.45, 7) is 0.367. The zero-order chi connectivity index (χ0) is 22.1. The minimum atomic E-state index is -0.515. The number of benzene rings is 3. The van der Waals surface area contributed by atoms with Crippen molar-refractivity contribution < 1.29 is 19.0 Å². The zero-order valence-electron chi connectivity index (χ0n) is 17.3. The van der Waals surface area contributed by atoms with Crippen LogP contribution in [-0.2, 0) is 11.4 Å². The van der Waals surface area contributed by atoms with Gasteiger partial charge in [0.15, 0.2) is 11.5 Å². The average molecular weight is 414 g/mol. The third-order valence-corrected chi connectivity index (χ3v) is 4.43. The number of anilines is 1. The van der Waals surface area contributed by atoms with Crippen LogP contribution in [0.2, 0.25) is 0 Å². The van der Waals surface area contributed by atoms with Crippen LogP contribution in [0.5, 0.6) is 17.2 Å².